The molecule has 0 saturated carbocycles. The van der Waals surface area contributed by atoms with E-state index < -0.39 is 0 Å². The Bertz CT molecular complexity index is 875. The van der Waals surface area contributed by atoms with Gasteiger partial charge in [0.2, 0.25) is 0 Å². The summed E-state index contributed by atoms with van der Waals surface area (Å²) in [7, 11) is 0. The van der Waals surface area contributed by atoms with E-state index in [1.165, 1.54) is 0 Å². The predicted molar refractivity (Wildman–Crippen MR) is 102 cm³/mol. The molecule has 0 radical (unpaired) electrons. The molecule has 0 aliphatic carbocycles. The zero-order valence-electron chi connectivity index (χ0n) is 14.8. The second-order valence-electron chi connectivity index (χ2n) is 5.94. The van der Waals surface area contributed by atoms with Gasteiger partial charge in [-0.25, -0.2) is 0 Å². The van der Waals surface area contributed by atoms with E-state index in [0.29, 0.717) is 19.6 Å². The van der Waals surface area contributed by atoms with Gasteiger partial charge >= 0.3 is 0 Å². The number of ether oxygens (including phenoxy) is 2. The molecule has 0 aliphatic rings. The summed E-state index contributed by atoms with van der Waals surface area (Å²) in [6.07, 6.45) is 2.46. The number of hydrogen-bond donors (Lipinski definition) is 1. The van der Waals surface area contributed by atoms with Gasteiger partial charge in [-0.15, -0.1) is 0 Å². The van der Waals surface area contributed by atoms with Crippen molar-refractivity contribution in [1.29, 1.82) is 0 Å². The summed E-state index contributed by atoms with van der Waals surface area (Å²) in [5, 5.41) is 3.88. The van der Waals surface area contributed by atoms with Crippen molar-refractivity contribution in [1.82, 2.24) is 10.3 Å². The molecule has 3 rings (SSSR count). The van der Waals surface area contributed by atoms with E-state index >= 15 is 0 Å². The van der Waals surface area contributed by atoms with Crippen molar-refractivity contribution in [2.24, 2.45) is 0 Å². The number of aryl methyl sites for hydroxylation is 1. The van der Waals surface area contributed by atoms with Crippen molar-refractivity contribution in [3.8, 4) is 11.5 Å². The van der Waals surface area contributed by atoms with E-state index in [9.17, 15) is 4.79 Å². The fraction of sp³-hybridized carbons (Fsp3) is 0.238. The Kier molecular flexibility index (Phi) is 6.04. The summed E-state index contributed by atoms with van der Waals surface area (Å²) in [5.74, 6) is 1.35. The normalized spacial score (nSPS) is 10.5. The molecular formula is C21H22N2O3. The fourth-order valence-corrected chi connectivity index (χ4v) is 2.59. The second kappa shape index (κ2) is 8.85. The lowest BCUT2D eigenvalue weighted by Gasteiger charge is -2.10. The van der Waals surface area contributed by atoms with Crippen LogP contribution in [0.2, 0.25) is 0 Å². The van der Waals surface area contributed by atoms with Crippen LogP contribution in [-0.2, 0) is 4.79 Å². The molecule has 0 bridgehead atoms. The first-order chi connectivity index (χ1) is 12.7. The maximum absolute atomic E-state index is 11.8. The SMILES string of the molecule is Cc1ccccc1OCC(=O)NCCCOc1cccc2cccnc12. The minimum atomic E-state index is -0.139. The van der Waals surface area contributed by atoms with E-state index in [0.717, 1.165) is 28.0 Å². The van der Waals surface area contributed by atoms with E-state index in [2.05, 4.69) is 10.3 Å². The third kappa shape index (κ3) is 4.72. The van der Waals surface area contributed by atoms with Gasteiger partial charge in [-0.3, -0.25) is 9.78 Å². The minimum Gasteiger partial charge on any atom is -0.491 e. The molecule has 0 aliphatic heterocycles. The van der Waals surface area contributed by atoms with Crippen LogP contribution in [0.15, 0.2) is 60.8 Å². The molecule has 0 fully saturated rings. The summed E-state index contributed by atoms with van der Waals surface area (Å²) < 4.78 is 11.3. The van der Waals surface area contributed by atoms with Crippen LogP contribution in [0.4, 0.5) is 0 Å². The third-order valence-electron chi connectivity index (χ3n) is 3.95. The summed E-state index contributed by atoms with van der Waals surface area (Å²) in [5.41, 5.74) is 1.86. The van der Waals surface area contributed by atoms with Crippen molar-refractivity contribution in [2.45, 2.75) is 13.3 Å². The lowest BCUT2D eigenvalue weighted by atomic mass is 10.2. The molecule has 0 atom stereocenters. The van der Waals surface area contributed by atoms with Crippen LogP contribution in [0, 0.1) is 6.92 Å². The Balaban J connectivity index is 1.37. The van der Waals surface area contributed by atoms with Crippen molar-refractivity contribution in [2.75, 3.05) is 19.8 Å². The maximum atomic E-state index is 11.8. The average molecular weight is 350 g/mol. The van der Waals surface area contributed by atoms with E-state index in [-0.39, 0.29) is 12.5 Å². The molecule has 134 valence electrons. The quantitative estimate of drug-likeness (QED) is 0.632. The van der Waals surface area contributed by atoms with Gasteiger partial charge in [0.05, 0.1) is 6.61 Å². The molecule has 26 heavy (non-hydrogen) atoms. The summed E-state index contributed by atoms with van der Waals surface area (Å²) in [6.45, 7) is 3.01. The van der Waals surface area contributed by atoms with Gasteiger partial charge in [0.25, 0.3) is 5.91 Å². The van der Waals surface area contributed by atoms with Crippen LogP contribution in [0.1, 0.15) is 12.0 Å². The van der Waals surface area contributed by atoms with Crippen LogP contribution in [-0.4, -0.2) is 30.6 Å². The highest BCUT2D eigenvalue weighted by molar-refractivity contribution is 5.84. The van der Waals surface area contributed by atoms with E-state index in [1.54, 1.807) is 6.20 Å². The molecule has 1 aromatic heterocycles. The Morgan fingerprint density at radius 3 is 2.69 bits per heavy atom. The molecule has 1 N–H and O–H groups in total. The molecule has 1 heterocycles. The lowest BCUT2D eigenvalue weighted by Crippen LogP contribution is -2.30. The van der Waals surface area contributed by atoms with Crippen LogP contribution >= 0.6 is 0 Å². The smallest absolute Gasteiger partial charge is 0.257 e. The zero-order valence-corrected chi connectivity index (χ0v) is 14.8. The van der Waals surface area contributed by atoms with Crippen molar-refractivity contribution in [3.63, 3.8) is 0 Å². The number of para-hydroxylation sites is 2. The second-order valence-corrected chi connectivity index (χ2v) is 5.94. The van der Waals surface area contributed by atoms with Gasteiger partial charge in [0.1, 0.15) is 17.0 Å². The van der Waals surface area contributed by atoms with Crippen LogP contribution < -0.4 is 14.8 Å². The fourth-order valence-electron chi connectivity index (χ4n) is 2.59. The van der Waals surface area contributed by atoms with Crippen LogP contribution in [0.25, 0.3) is 10.9 Å². The first kappa shape index (κ1) is 17.7. The number of carbonyl (C=O) groups is 1. The maximum Gasteiger partial charge on any atom is 0.257 e. The molecule has 3 aromatic rings. The van der Waals surface area contributed by atoms with Crippen molar-refractivity contribution in [3.05, 3.63) is 66.4 Å². The number of nitrogens with one attached hydrogen (secondary N) is 1. The third-order valence-corrected chi connectivity index (χ3v) is 3.95. The number of benzene rings is 2. The summed E-state index contributed by atoms with van der Waals surface area (Å²) in [4.78, 5) is 16.2. The molecule has 5 nitrogen and oxygen atoms in total. The Labute approximate surface area is 153 Å². The molecule has 0 unspecified atom stereocenters. The van der Waals surface area contributed by atoms with Gasteiger partial charge in [-0.05, 0) is 37.1 Å². The van der Waals surface area contributed by atoms with Gasteiger partial charge < -0.3 is 14.8 Å². The van der Waals surface area contributed by atoms with Crippen molar-refractivity contribution >= 4 is 16.8 Å². The number of carbonyl (C=O) groups excluding carboxylic acids is 1. The van der Waals surface area contributed by atoms with E-state index in [4.69, 9.17) is 9.47 Å². The highest BCUT2D eigenvalue weighted by atomic mass is 16.5. The zero-order chi connectivity index (χ0) is 18.2. The topological polar surface area (TPSA) is 60.5 Å². The number of fused-ring (bicyclic) bond motifs is 1. The largest absolute Gasteiger partial charge is 0.491 e. The molecular weight excluding hydrogens is 328 g/mol. The molecule has 2 aromatic carbocycles. The molecule has 0 spiro atoms. The van der Waals surface area contributed by atoms with Crippen LogP contribution in [0.5, 0.6) is 11.5 Å². The Morgan fingerprint density at radius 1 is 1.00 bits per heavy atom. The van der Waals surface area contributed by atoms with Crippen molar-refractivity contribution < 1.29 is 14.3 Å². The van der Waals surface area contributed by atoms with Crippen LogP contribution in [0.3, 0.4) is 0 Å². The number of hydrogen-bond acceptors (Lipinski definition) is 4. The number of rotatable bonds is 8. The standard InChI is InChI=1S/C21H22N2O3/c1-16-7-2-3-10-18(16)26-15-20(24)22-13-6-14-25-19-11-4-8-17-9-5-12-23-21(17)19/h2-5,7-12H,6,13-15H2,1H3,(H,22,24). The van der Waals surface area contributed by atoms with Gasteiger partial charge in [0, 0.05) is 18.1 Å². The summed E-state index contributed by atoms with van der Waals surface area (Å²) in [6, 6.07) is 17.4. The average Bonchev–Trinajstić information content (AvgIpc) is 2.67. The molecule has 5 heteroatoms. The minimum absolute atomic E-state index is 0.0129. The molecule has 0 saturated heterocycles. The van der Waals surface area contributed by atoms with E-state index in [1.807, 2.05) is 61.5 Å². The predicted octanol–water partition coefficient (Wildman–Crippen LogP) is 3.51. The lowest BCUT2D eigenvalue weighted by molar-refractivity contribution is -0.123. The number of amides is 1. The van der Waals surface area contributed by atoms with Gasteiger partial charge in [-0.1, -0.05) is 36.4 Å². The van der Waals surface area contributed by atoms with Gasteiger partial charge in [-0.2, -0.15) is 0 Å². The molecule has 1 amide bonds. The number of aromatic nitrogens is 1. The first-order valence-electron chi connectivity index (χ1n) is 8.66. The Morgan fingerprint density at radius 2 is 1.81 bits per heavy atom. The highest BCUT2D eigenvalue weighted by Crippen LogP contribution is 2.22. The monoisotopic (exact) mass is 350 g/mol. The Hall–Kier alpha value is -3.08. The first-order valence-corrected chi connectivity index (χ1v) is 8.66. The highest BCUT2D eigenvalue weighted by Gasteiger charge is 2.05. The van der Waals surface area contributed by atoms with Gasteiger partial charge in [0.15, 0.2) is 6.61 Å². The number of nitrogens with zero attached hydrogens (tertiary/aromatic N) is 1. The summed E-state index contributed by atoms with van der Waals surface area (Å²) >= 11 is 0. The number of pyridine rings is 1.